The molecule has 0 radical (unpaired) electrons. The molecule has 1 aromatic carbocycles. The summed E-state index contributed by atoms with van der Waals surface area (Å²) < 4.78 is 49.0. The van der Waals surface area contributed by atoms with Gasteiger partial charge in [0.1, 0.15) is 23.7 Å². The van der Waals surface area contributed by atoms with Crippen LogP contribution < -0.4 is 4.74 Å². The van der Waals surface area contributed by atoms with E-state index < -0.39 is 29.3 Å². The molecule has 1 heterocycles. The number of ether oxygens (including phenoxy) is 2. The first kappa shape index (κ1) is 20.4. The van der Waals surface area contributed by atoms with Crippen molar-refractivity contribution in [1.29, 1.82) is 0 Å². The average molecular weight is 381 g/mol. The molecule has 0 fully saturated rings. The summed E-state index contributed by atoms with van der Waals surface area (Å²) in [5.41, 5.74) is -0.874. The summed E-state index contributed by atoms with van der Waals surface area (Å²) >= 11 is 0. The van der Waals surface area contributed by atoms with Crippen molar-refractivity contribution < 1.29 is 32.2 Å². The van der Waals surface area contributed by atoms with Gasteiger partial charge < -0.3 is 9.47 Å². The lowest BCUT2D eigenvalue weighted by Crippen LogP contribution is -2.15. The normalized spacial score (nSPS) is 11.1. The summed E-state index contributed by atoms with van der Waals surface area (Å²) in [5, 5.41) is 0. The molecule has 0 amide bonds. The predicted octanol–water partition coefficient (Wildman–Crippen LogP) is 4.21. The second-order valence-electron chi connectivity index (χ2n) is 5.54. The third-order valence-electron chi connectivity index (χ3n) is 3.51. The Balaban J connectivity index is 2.21. The second kappa shape index (κ2) is 9.16. The molecule has 0 aliphatic carbocycles. The molecule has 8 heteroatoms. The summed E-state index contributed by atoms with van der Waals surface area (Å²) in [4.78, 5) is 27.2. The highest BCUT2D eigenvalue weighted by Crippen LogP contribution is 2.31. The molecule has 0 spiro atoms. The summed E-state index contributed by atoms with van der Waals surface area (Å²) in [5.74, 6) is -1.40. The number of alkyl halides is 3. The fourth-order valence-corrected chi connectivity index (χ4v) is 2.22. The number of hydrogen-bond acceptors (Lipinski definition) is 5. The topological polar surface area (TPSA) is 65.5 Å². The van der Waals surface area contributed by atoms with Crippen LogP contribution in [0, 0.1) is 0 Å². The second-order valence-corrected chi connectivity index (χ2v) is 5.54. The van der Waals surface area contributed by atoms with Gasteiger partial charge in [-0.3, -0.25) is 9.59 Å². The highest BCUT2D eigenvalue weighted by molar-refractivity contribution is 5.98. The minimum Gasteiger partial charge on any atom is -0.487 e. The number of nitrogens with zero attached hydrogens (tertiary/aromatic N) is 1. The van der Waals surface area contributed by atoms with Crippen LogP contribution in [-0.2, 0) is 22.3 Å². The average Bonchev–Trinajstić information content (AvgIpc) is 2.64. The van der Waals surface area contributed by atoms with Crippen LogP contribution in [0.5, 0.6) is 5.75 Å². The molecule has 27 heavy (non-hydrogen) atoms. The van der Waals surface area contributed by atoms with E-state index in [-0.39, 0.29) is 31.8 Å². The fourth-order valence-electron chi connectivity index (χ4n) is 2.22. The molecule has 1 aromatic heterocycles. The quantitative estimate of drug-likeness (QED) is 0.506. The number of carbonyl (C=O) groups excluding carboxylic acids is 2. The molecular formula is C19H18F3NO4. The number of pyridine rings is 1. The number of ketones is 1. The third kappa shape index (κ3) is 6.09. The van der Waals surface area contributed by atoms with Crippen molar-refractivity contribution in [3.8, 4) is 5.75 Å². The van der Waals surface area contributed by atoms with Crippen molar-refractivity contribution in [2.24, 2.45) is 0 Å². The highest BCUT2D eigenvalue weighted by atomic mass is 19.4. The van der Waals surface area contributed by atoms with Crippen LogP contribution in [-0.4, -0.2) is 23.3 Å². The first-order valence-corrected chi connectivity index (χ1v) is 8.25. The van der Waals surface area contributed by atoms with Crippen molar-refractivity contribution in [3.63, 3.8) is 0 Å². The van der Waals surface area contributed by atoms with E-state index in [4.69, 9.17) is 9.47 Å². The molecule has 2 rings (SSSR count). The lowest BCUT2D eigenvalue weighted by atomic mass is 10.1. The van der Waals surface area contributed by atoms with E-state index in [1.807, 2.05) is 6.07 Å². The monoisotopic (exact) mass is 381 g/mol. The van der Waals surface area contributed by atoms with Gasteiger partial charge in [0.05, 0.1) is 13.0 Å². The van der Waals surface area contributed by atoms with Crippen LogP contribution in [0.3, 0.4) is 0 Å². The van der Waals surface area contributed by atoms with Gasteiger partial charge >= 0.3 is 12.1 Å². The summed E-state index contributed by atoms with van der Waals surface area (Å²) in [6.07, 6.45) is -5.27. The van der Waals surface area contributed by atoms with E-state index in [1.54, 1.807) is 31.2 Å². The minimum absolute atomic E-state index is 0.0615. The number of carbonyl (C=O) groups is 2. The maximum atomic E-state index is 12.9. The van der Waals surface area contributed by atoms with Crippen molar-refractivity contribution in [3.05, 3.63) is 59.4 Å². The van der Waals surface area contributed by atoms with Crippen LogP contribution in [0.15, 0.2) is 42.5 Å². The number of hydrogen-bond donors (Lipinski definition) is 0. The summed E-state index contributed by atoms with van der Waals surface area (Å²) in [7, 11) is 0. The Bertz CT molecular complexity index is 791. The third-order valence-corrected chi connectivity index (χ3v) is 3.51. The Morgan fingerprint density at radius 1 is 1.04 bits per heavy atom. The molecule has 0 saturated carbocycles. The van der Waals surface area contributed by atoms with E-state index >= 15 is 0 Å². The van der Waals surface area contributed by atoms with Gasteiger partial charge in [0.15, 0.2) is 5.78 Å². The lowest BCUT2D eigenvalue weighted by Gasteiger charge is -2.13. The van der Waals surface area contributed by atoms with Gasteiger partial charge in [0, 0.05) is 6.42 Å². The number of esters is 1. The van der Waals surface area contributed by atoms with Crippen LogP contribution in [0.2, 0.25) is 0 Å². The Hall–Kier alpha value is -2.90. The number of halogens is 3. The molecule has 2 aromatic rings. The molecule has 144 valence electrons. The molecular weight excluding hydrogens is 363 g/mol. The highest BCUT2D eigenvalue weighted by Gasteiger charge is 2.34. The minimum atomic E-state index is -4.70. The smallest absolute Gasteiger partial charge is 0.433 e. The summed E-state index contributed by atoms with van der Waals surface area (Å²) in [6, 6.07) is 10.8. The van der Waals surface area contributed by atoms with Crippen LogP contribution >= 0.6 is 0 Å². The zero-order valence-electron chi connectivity index (χ0n) is 14.6. The largest absolute Gasteiger partial charge is 0.487 e. The van der Waals surface area contributed by atoms with Crippen molar-refractivity contribution in [2.75, 3.05) is 6.61 Å². The Morgan fingerprint density at radius 3 is 2.37 bits per heavy atom. The molecule has 0 atom stereocenters. The fraction of sp³-hybridized carbons (Fsp3) is 0.316. The molecule has 0 unspecified atom stereocenters. The van der Waals surface area contributed by atoms with Gasteiger partial charge in [-0.05, 0) is 24.6 Å². The van der Waals surface area contributed by atoms with E-state index in [1.165, 1.54) is 0 Å². The van der Waals surface area contributed by atoms with E-state index in [0.29, 0.717) is 0 Å². The van der Waals surface area contributed by atoms with Gasteiger partial charge in [-0.1, -0.05) is 30.3 Å². The van der Waals surface area contributed by atoms with Crippen LogP contribution in [0.25, 0.3) is 0 Å². The maximum Gasteiger partial charge on any atom is 0.433 e. The van der Waals surface area contributed by atoms with Gasteiger partial charge in [0.2, 0.25) is 0 Å². The van der Waals surface area contributed by atoms with Gasteiger partial charge in [-0.15, -0.1) is 0 Å². The molecule has 0 saturated heterocycles. The Kier molecular flexibility index (Phi) is 6.92. The zero-order valence-corrected chi connectivity index (χ0v) is 14.6. The Morgan fingerprint density at radius 2 is 1.74 bits per heavy atom. The van der Waals surface area contributed by atoms with Crippen LogP contribution in [0.1, 0.15) is 41.5 Å². The maximum absolute atomic E-state index is 12.9. The van der Waals surface area contributed by atoms with Crippen molar-refractivity contribution >= 4 is 11.8 Å². The standard InChI is InChI=1S/C19H18F3NO4/c1-2-26-17(25)11-8-14(24)18-15(9-10-16(23-18)19(20,21)22)27-12-13-6-4-3-5-7-13/h3-7,9-10H,2,8,11-12H2,1H3. The molecule has 0 aliphatic heterocycles. The summed E-state index contributed by atoms with van der Waals surface area (Å²) in [6.45, 7) is 1.83. The first-order chi connectivity index (χ1) is 12.8. The number of Topliss-reactive ketones (excluding diaryl/α,β-unsaturated/α-hetero) is 1. The SMILES string of the molecule is CCOC(=O)CCC(=O)c1nc(C(F)(F)F)ccc1OCc1ccccc1. The molecule has 0 N–H and O–H groups in total. The van der Waals surface area contributed by atoms with Crippen LogP contribution in [0.4, 0.5) is 13.2 Å². The van der Waals surface area contributed by atoms with Crippen molar-refractivity contribution in [2.45, 2.75) is 32.5 Å². The molecule has 0 bridgehead atoms. The Labute approximate surface area is 154 Å². The van der Waals surface area contributed by atoms with Crippen molar-refractivity contribution in [1.82, 2.24) is 4.98 Å². The zero-order chi connectivity index (χ0) is 19.9. The predicted molar refractivity (Wildman–Crippen MR) is 90.2 cm³/mol. The van der Waals surface area contributed by atoms with E-state index in [0.717, 1.165) is 17.7 Å². The van der Waals surface area contributed by atoms with Gasteiger partial charge in [-0.25, -0.2) is 4.98 Å². The van der Waals surface area contributed by atoms with E-state index in [9.17, 15) is 22.8 Å². The number of aromatic nitrogens is 1. The van der Waals surface area contributed by atoms with Gasteiger partial charge in [0.25, 0.3) is 0 Å². The lowest BCUT2D eigenvalue weighted by molar-refractivity contribution is -0.143. The van der Waals surface area contributed by atoms with Gasteiger partial charge in [-0.2, -0.15) is 13.2 Å². The molecule has 5 nitrogen and oxygen atoms in total. The number of benzene rings is 1. The molecule has 0 aliphatic rings. The number of rotatable bonds is 8. The van der Waals surface area contributed by atoms with E-state index in [2.05, 4.69) is 4.98 Å². The first-order valence-electron chi connectivity index (χ1n) is 8.25.